The van der Waals surface area contributed by atoms with Crippen LogP contribution >= 0.6 is 34.3 Å². The van der Waals surface area contributed by atoms with E-state index in [1.165, 1.54) is 22.7 Å². The van der Waals surface area contributed by atoms with Crippen LogP contribution in [0.1, 0.15) is 51.4 Å². The van der Waals surface area contributed by atoms with E-state index in [1.807, 2.05) is 24.3 Å². The molecule has 0 aliphatic rings. The van der Waals surface area contributed by atoms with Gasteiger partial charge in [0.15, 0.2) is 33.9 Å². The van der Waals surface area contributed by atoms with Gasteiger partial charge in [0.1, 0.15) is 11.5 Å². The highest BCUT2D eigenvalue weighted by atomic mass is 35.5. The van der Waals surface area contributed by atoms with Gasteiger partial charge in [0, 0.05) is 65.3 Å². The standard InChI is InChI=1S/C21H21ClO5S.C21H22O6S/c2*1-25-13-7-8-14-18(10-13)28-19-12-16(26-2)17(11-15(19)21(14)24)27-9-5-3-4-6-20(22)23/h7-8,10-12H,3-6,9H2,1-2H3;7-8,10-12H,3-6,9H2,1-2H3,(H,22,23). The summed E-state index contributed by atoms with van der Waals surface area (Å²) in [5.41, 5.74) is -0.0973. The van der Waals surface area contributed by atoms with Crippen molar-refractivity contribution in [1.82, 2.24) is 0 Å². The number of carbonyl (C=O) groups is 2. The number of carbonyl (C=O) groups excluding carboxylic acids is 1. The van der Waals surface area contributed by atoms with E-state index in [2.05, 4.69) is 0 Å². The number of unbranched alkanes of at least 4 members (excludes halogenated alkanes) is 4. The van der Waals surface area contributed by atoms with E-state index in [1.54, 1.807) is 64.8 Å². The lowest BCUT2D eigenvalue weighted by molar-refractivity contribution is -0.137. The quantitative estimate of drug-likeness (QED) is 0.0503. The molecular weight excluding hydrogens is 780 g/mol. The maximum absolute atomic E-state index is 12.9. The first-order valence-electron chi connectivity index (χ1n) is 18.0. The van der Waals surface area contributed by atoms with Crippen molar-refractivity contribution >= 4 is 85.8 Å². The van der Waals surface area contributed by atoms with Crippen molar-refractivity contribution in [3.63, 3.8) is 0 Å². The van der Waals surface area contributed by atoms with Crippen LogP contribution in [0.4, 0.5) is 0 Å². The van der Waals surface area contributed by atoms with Gasteiger partial charge in [0.2, 0.25) is 5.24 Å². The monoisotopic (exact) mass is 822 g/mol. The van der Waals surface area contributed by atoms with E-state index < -0.39 is 5.97 Å². The summed E-state index contributed by atoms with van der Waals surface area (Å²) in [6.45, 7) is 0.907. The van der Waals surface area contributed by atoms with Crippen LogP contribution in [-0.4, -0.2) is 58.0 Å². The molecule has 6 rings (SSSR count). The van der Waals surface area contributed by atoms with Crippen LogP contribution in [0.3, 0.4) is 0 Å². The minimum atomic E-state index is -0.786. The largest absolute Gasteiger partial charge is 0.497 e. The van der Waals surface area contributed by atoms with Crippen molar-refractivity contribution in [3.8, 4) is 34.5 Å². The predicted octanol–water partition coefficient (Wildman–Crippen LogP) is 9.59. The Bertz CT molecular complexity index is 2290. The minimum Gasteiger partial charge on any atom is -0.497 e. The van der Waals surface area contributed by atoms with Gasteiger partial charge >= 0.3 is 5.97 Å². The number of benzene rings is 4. The number of carboxylic acid groups (broad SMARTS) is 1. The van der Waals surface area contributed by atoms with Gasteiger partial charge in [0.05, 0.1) is 41.7 Å². The molecule has 56 heavy (non-hydrogen) atoms. The molecule has 0 aliphatic carbocycles. The molecule has 0 bridgehead atoms. The summed E-state index contributed by atoms with van der Waals surface area (Å²) in [5.74, 6) is 2.84. The van der Waals surface area contributed by atoms with Crippen molar-refractivity contribution in [2.75, 3.05) is 41.7 Å². The summed E-state index contributed by atoms with van der Waals surface area (Å²) in [5, 5.41) is 10.8. The molecule has 4 aromatic carbocycles. The van der Waals surface area contributed by atoms with E-state index in [4.69, 9.17) is 45.1 Å². The molecule has 0 saturated heterocycles. The summed E-state index contributed by atoms with van der Waals surface area (Å²) in [7, 11) is 6.34. The molecule has 6 aromatic rings. The maximum Gasteiger partial charge on any atom is 0.303 e. The van der Waals surface area contributed by atoms with Crippen LogP contribution < -0.4 is 39.3 Å². The van der Waals surface area contributed by atoms with Crippen LogP contribution in [0.15, 0.2) is 70.3 Å². The van der Waals surface area contributed by atoms with Crippen molar-refractivity contribution < 1.29 is 43.1 Å². The highest BCUT2D eigenvalue weighted by Gasteiger charge is 2.15. The lowest BCUT2D eigenvalue weighted by Gasteiger charge is -2.12. The van der Waals surface area contributed by atoms with E-state index in [9.17, 15) is 19.2 Å². The second kappa shape index (κ2) is 20.2. The Balaban J connectivity index is 0.000000214. The van der Waals surface area contributed by atoms with Gasteiger partial charge in [-0.25, -0.2) is 0 Å². The summed E-state index contributed by atoms with van der Waals surface area (Å²) in [6.07, 6.45) is 5.03. The number of hydrogen-bond donors (Lipinski definition) is 1. The first-order valence-corrected chi connectivity index (χ1v) is 20.0. The normalized spacial score (nSPS) is 10.9. The molecule has 296 valence electrons. The van der Waals surface area contributed by atoms with Gasteiger partial charge in [-0.15, -0.1) is 22.7 Å². The number of methoxy groups -OCH3 is 4. The third-order valence-electron chi connectivity index (χ3n) is 8.90. The fourth-order valence-electron chi connectivity index (χ4n) is 5.94. The van der Waals surface area contributed by atoms with Gasteiger partial charge in [-0.2, -0.15) is 0 Å². The Hall–Kier alpha value is -5.11. The van der Waals surface area contributed by atoms with Crippen molar-refractivity contribution in [2.24, 2.45) is 0 Å². The molecule has 0 fully saturated rings. The molecule has 0 saturated carbocycles. The molecule has 0 spiro atoms. The molecule has 0 amide bonds. The highest BCUT2D eigenvalue weighted by molar-refractivity contribution is 7.25. The first kappa shape index (κ1) is 42.0. The molecule has 11 nitrogen and oxygen atoms in total. The lowest BCUT2D eigenvalue weighted by Crippen LogP contribution is -2.04. The summed E-state index contributed by atoms with van der Waals surface area (Å²) >= 11 is 8.34. The van der Waals surface area contributed by atoms with Crippen LogP contribution in [0.5, 0.6) is 34.5 Å². The van der Waals surface area contributed by atoms with Gasteiger partial charge in [-0.1, -0.05) is 0 Å². The zero-order chi connectivity index (χ0) is 40.2. The summed E-state index contributed by atoms with van der Waals surface area (Å²) in [6, 6.07) is 18.0. The minimum absolute atomic E-state index is 0.0421. The van der Waals surface area contributed by atoms with E-state index in [-0.39, 0.29) is 22.5 Å². The SMILES string of the molecule is COc1ccc2c(=O)c3cc(OCCCCCC(=O)Cl)c(OC)cc3sc2c1.COc1ccc2c(=O)c3cc(OCCCCCC(=O)O)c(OC)cc3sc2c1. The summed E-state index contributed by atoms with van der Waals surface area (Å²) < 4.78 is 36.4. The smallest absolute Gasteiger partial charge is 0.303 e. The van der Waals surface area contributed by atoms with Crippen molar-refractivity contribution in [1.29, 1.82) is 0 Å². The Kier molecular flexibility index (Phi) is 15.1. The Morgan fingerprint density at radius 3 is 1.36 bits per heavy atom. The van der Waals surface area contributed by atoms with Crippen molar-refractivity contribution in [3.05, 3.63) is 81.1 Å². The molecule has 2 heterocycles. The van der Waals surface area contributed by atoms with Crippen LogP contribution in [0.2, 0.25) is 0 Å². The lowest BCUT2D eigenvalue weighted by atomic mass is 10.1. The molecule has 2 aromatic heterocycles. The number of halogens is 1. The zero-order valence-electron chi connectivity index (χ0n) is 31.6. The fourth-order valence-corrected chi connectivity index (χ4v) is 8.30. The van der Waals surface area contributed by atoms with Gasteiger partial charge < -0.3 is 33.5 Å². The molecule has 0 aliphatic heterocycles. The second-order valence-electron chi connectivity index (χ2n) is 12.7. The van der Waals surface area contributed by atoms with E-state index in [0.717, 1.165) is 50.9 Å². The van der Waals surface area contributed by atoms with E-state index >= 15 is 0 Å². The number of rotatable bonds is 18. The fraction of sp³-hybridized carbons (Fsp3) is 0.333. The second-order valence-corrected chi connectivity index (χ2v) is 15.2. The maximum atomic E-state index is 12.9. The van der Waals surface area contributed by atoms with Crippen LogP contribution in [-0.2, 0) is 9.59 Å². The number of ether oxygens (including phenoxy) is 6. The average molecular weight is 823 g/mol. The predicted molar refractivity (Wildman–Crippen MR) is 224 cm³/mol. The number of aliphatic carboxylic acids is 1. The zero-order valence-corrected chi connectivity index (χ0v) is 34.0. The molecule has 0 atom stereocenters. The highest BCUT2D eigenvalue weighted by Crippen LogP contribution is 2.37. The molecule has 0 unspecified atom stereocenters. The van der Waals surface area contributed by atoms with Gasteiger partial charge in [-0.05, 0) is 98.7 Å². The molecule has 1 N–H and O–H groups in total. The van der Waals surface area contributed by atoms with Crippen LogP contribution in [0, 0.1) is 0 Å². The topological polar surface area (TPSA) is 144 Å². The van der Waals surface area contributed by atoms with E-state index in [0.29, 0.717) is 82.1 Å². The van der Waals surface area contributed by atoms with Crippen LogP contribution in [0.25, 0.3) is 40.3 Å². The Morgan fingerprint density at radius 2 is 0.964 bits per heavy atom. The molecule has 14 heteroatoms. The molecular formula is C42H43ClO11S2. The summed E-state index contributed by atoms with van der Waals surface area (Å²) in [4.78, 5) is 47.2. The number of fused-ring (bicyclic) bond motifs is 4. The third-order valence-corrected chi connectivity index (χ3v) is 11.3. The van der Waals surface area contributed by atoms with Gasteiger partial charge in [-0.3, -0.25) is 19.2 Å². The number of hydrogen-bond acceptors (Lipinski definition) is 12. The Labute approximate surface area is 336 Å². The number of carboxylic acids is 1. The Morgan fingerprint density at radius 1 is 0.536 bits per heavy atom. The first-order chi connectivity index (χ1) is 27.1. The van der Waals surface area contributed by atoms with Gasteiger partial charge in [0.25, 0.3) is 0 Å². The third kappa shape index (κ3) is 10.6. The average Bonchev–Trinajstić information content (AvgIpc) is 3.19. The molecule has 0 radical (unpaired) electrons. The van der Waals surface area contributed by atoms with Crippen molar-refractivity contribution in [2.45, 2.75) is 51.4 Å².